The summed E-state index contributed by atoms with van der Waals surface area (Å²) in [6, 6.07) is 13.9. The molecule has 3 nitrogen and oxygen atoms in total. The van der Waals surface area contributed by atoms with Gasteiger partial charge in [-0.3, -0.25) is 4.79 Å². The molecule has 6 heteroatoms. The van der Waals surface area contributed by atoms with Gasteiger partial charge < -0.3 is 5.32 Å². The van der Waals surface area contributed by atoms with Crippen LogP contribution < -0.4 is 5.32 Å². The monoisotopic (exact) mass is 572 g/mol. The van der Waals surface area contributed by atoms with Crippen molar-refractivity contribution in [1.82, 2.24) is 0 Å². The van der Waals surface area contributed by atoms with E-state index < -0.39 is 0 Å². The van der Waals surface area contributed by atoms with Crippen molar-refractivity contribution < 1.29 is 4.79 Å². The summed E-state index contributed by atoms with van der Waals surface area (Å²) in [5.41, 5.74) is 2.03. The fraction of sp³-hybridized carbons (Fsp3) is 0.263. The zero-order chi connectivity index (χ0) is 18.0. The van der Waals surface area contributed by atoms with Crippen LogP contribution in [0.25, 0.3) is 0 Å². The maximum atomic E-state index is 12.6. The van der Waals surface area contributed by atoms with Crippen molar-refractivity contribution in [3.8, 4) is 6.07 Å². The SMILES string of the molecule is N#CC1(c2ccc(NC(=O)c3cc(Br)cc(Br)c3I)cc2)CCCC1. The zero-order valence-electron chi connectivity index (χ0n) is 13.3. The number of carbonyl (C=O) groups excluding carboxylic acids is 1. The molecule has 1 saturated carbocycles. The van der Waals surface area contributed by atoms with Gasteiger partial charge in [-0.15, -0.1) is 0 Å². The summed E-state index contributed by atoms with van der Waals surface area (Å²) in [5.74, 6) is -0.157. The van der Waals surface area contributed by atoms with Crippen molar-refractivity contribution in [2.45, 2.75) is 31.1 Å². The summed E-state index contributed by atoms with van der Waals surface area (Å²) in [6.07, 6.45) is 4.03. The van der Waals surface area contributed by atoms with E-state index in [-0.39, 0.29) is 11.3 Å². The number of nitriles is 1. The maximum absolute atomic E-state index is 12.6. The zero-order valence-corrected chi connectivity index (χ0v) is 18.6. The van der Waals surface area contributed by atoms with Crippen LogP contribution in [0.2, 0.25) is 0 Å². The average molecular weight is 574 g/mol. The van der Waals surface area contributed by atoms with E-state index in [1.165, 1.54) is 0 Å². The molecule has 0 aromatic heterocycles. The number of nitrogens with one attached hydrogen (secondary N) is 1. The molecule has 0 atom stereocenters. The second kappa shape index (κ2) is 7.77. The molecule has 1 aliphatic rings. The Morgan fingerprint density at radius 1 is 1.16 bits per heavy atom. The highest BCUT2D eigenvalue weighted by atomic mass is 127. The highest BCUT2D eigenvalue weighted by molar-refractivity contribution is 14.1. The Balaban J connectivity index is 1.80. The standard InChI is InChI=1S/C19H15Br2IN2O/c20-13-9-15(17(22)16(21)10-13)18(25)24-14-5-3-12(4-6-14)19(11-23)7-1-2-8-19/h3-6,9-10H,1-2,7-8H2,(H,24,25). The molecular weight excluding hydrogens is 559 g/mol. The van der Waals surface area contributed by atoms with E-state index in [0.717, 1.165) is 49.4 Å². The van der Waals surface area contributed by atoms with E-state index >= 15 is 0 Å². The molecular formula is C19H15Br2IN2O. The van der Waals surface area contributed by atoms with Crippen LogP contribution in [0.4, 0.5) is 5.69 Å². The molecule has 1 aliphatic carbocycles. The number of rotatable bonds is 3. The average Bonchev–Trinajstić information content (AvgIpc) is 3.09. The number of nitrogens with zero attached hydrogens (tertiary/aromatic N) is 1. The predicted octanol–water partition coefficient (Wildman–Crippen LogP) is 6.40. The number of amides is 1. The second-order valence-electron chi connectivity index (χ2n) is 6.18. The lowest BCUT2D eigenvalue weighted by Gasteiger charge is -2.21. The topological polar surface area (TPSA) is 52.9 Å². The lowest BCUT2D eigenvalue weighted by molar-refractivity contribution is 0.102. The number of carbonyl (C=O) groups is 1. The molecule has 2 aromatic carbocycles. The van der Waals surface area contributed by atoms with Gasteiger partial charge in [0, 0.05) is 18.2 Å². The molecule has 0 spiro atoms. The van der Waals surface area contributed by atoms with Crippen molar-refractivity contribution in [1.29, 1.82) is 5.26 Å². The Morgan fingerprint density at radius 3 is 2.40 bits per heavy atom. The van der Waals surface area contributed by atoms with Gasteiger partial charge in [0.25, 0.3) is 5.91 Å². The lowest BCUT2D eigenvalue weighted by atomic mass is 9.80. The summed E-state index contributed by atoms with van der Waals surface area (Å²) in [7, 11) is 0. The van der Waals surface area contributed by atoms with Gasteiger partial charge in [0.2, 0.25) is 0 Å². The highest BCUT2D eigenvalue weighted by Gasteiger charge is 2.35. The molecule has 3 rings (SSSR count). The second-order valence-corrected chi connectivity index (χ2v) is 9.03. The van der Waals surface area contributed by atoms with Crippen molar-refractivity contribution in [2.75, 3.05) is 5.32 Å². The smallest absolute Gasteiger partial charge is 0.256 e. The summed E-state index contributed by atoms with van der Waals surface area (Å²) in [5, 5.41) is 12.5. The van der Waals surface area contributed by atoms with Gasteiger partial charge in [-0.25, -0.2) is 0 Å². The third-order valence-corrected chi connectivity index (χ3v) is 7.59. The fourth-order valence-corrected chi connectivity index (χ4v) is 5.02. The van der Waals surface area contributed by atoms with Gasteiger partial charge in [-0.05, 0) is 81.2 Å². The first-order chi connectivity index (χ1) is 11.9. The summed E-state index contributed by atoms with van der Waals surface area (Å²) in [4.78, 5) is 12.6. The molecule has 0 heterocycles. The Morgan fingerprint density at radius 2 is 1.80 bits per heavy atom. The van der Waals surface area contributed by atoms with E-state index in [9.17, 15) is 10.1 Å². The van der Waals surface area contributed by atoms with Crippen LogP contribution in [0.3, 0.4) is 0 Å². The van der Waals surface area contributed by atoms with Crippen LogP contribution in [0.1, 0.15) is 41.6 Å². The molecule has 128 valence electrons. The molecule has 1 N–H and O–H groups in total. The van der Waals surface area contributed by atoms with Gasteiger partial charge in [0.05, 0.1) is 17.0 Å². The minimum absolute atomic E-state index is 0.157. The Kier molecular flexibility index (Phi) is 5.86. The molecule has 1 amide bonds. The normalized spacial score (nSPS) is 15.6. The third-order valence-electron chi connectivity index (χ3n) is 4.60. The maximum Gasteiger partial charge on any atom is 0.256 e. The first kappa shape index (κ1) is 18.9. The number of anilines is 1. The number of halogens is 3. The van der Waals surface area contributed by atoms with Crippen molar-refractivity contribution in [3.63, 3.8) is 0 Å². The van der Waals surface area contributed by atoms with Gasteiger partial charge >= 0.3 is 0 Å². The van der Waals surface area contributed by atoms with E-state index in [1.54, 1.807) is 6.07 Å². The third kappa shape index (κ3) is 3.93. The molecule has 0 saturated heterocycles. The molecule has 0 radical (unpaired) electrons. The minimum atomic E-state index is -0.354. The minimum Gasteiger partial charge on any atom is -0.322 e. The first-order valence-electron chi connectivity index (χ1n) is 7.93. The summed E-state index contributed by atoms with van der Waals surface area (Å²) >= 11 is 9.03. The highest BCUT2D eigenvalue weighted by Crippen LogP contribution is 2.40. The van der Waals surface area contributed by atoms with E-state index in [4.69, 9.17) is 0 Å². The van der Waals surface area contributed by atoms with Crippen LogP contribution in [-0.2, 0) is 5.41 Å². The van der Waals surface area contributed by atoms with E-state index in [0.29, 0.717) is 5.56 Å². The molecule has 0 aliphatic heterocycles. The quantitative estimate of drug-likeness (QED) is 0.341. The first-order valence-corrected chi connectivity index (χ1v) is 10.6. The lowest BCUT2D eigenvalue weighted by Crippen LogP contribution is -2.19. The van der Waals surface area contributed by atoms with E-state index in [1.807, 2.05) is 30.3 Å². The van der Waals surface area contributed by atoms with Crippen LogP contribution in [-0.4, -0.2) is 5.91 Å². The van der Waals surface area contributed by atoms with Gasteiger partial charge in [0.15, 0.2) is 0 Å². The van der Waals surface area contributed by atoms with Crippen LogP contribution in [0.15, 0.2) is 45.3 Å². The predicted molar refractivity (Wildman–Crippen MR) is 115 cm³/mol. The van der Waals surface area contributed by atoms with Crippen molar-refractivity contribution in [3.05, 3.63) is 60.0 Å². The van der Waals surface area contributed by atoms with Gasteiger partial charge in [-0.2, -0.15) is 5.26 Å². The molecule has 1 fully saturated rings. The van der Waals surface area contributed by atoms with Crippen LogP contribution in [0, 0.1) is 14.9 Å². The Labute approximate surface area is 177 Å². The van der Waals surface area contributed by atoms with Crippen molar-refractivity contribution in [2.24, 2.45) is 0 Å². The van der Waals surface area contributed by atoms with Gasteiger partial charge in [-0.1, -0.05) is 40.9 Å². The molecule has 2 aromatic rings. The molecule has 25 heavy (non-hydrogen) atoms. The van der Waals surface area contributed by atoms with Crippen molar-refractivity contribution >= 4 is 66.0 Å². The number of hydrogen-bond acceptors (Lipinski definition) is 2. The Bertz CT molecular complexity index is 853. The fourth-order valence-electron chi connectivity index (χ4n) is 3.24. The van der Waals surface area contributed by atoms with Crippen LogP contribution >= 0.6 is 54.5 Å². The summed E-state index contributed by atoms with van der Waals surface area (Å²) in [6.45, 7) is 0. The summed E-state index contributed by atoms with van der Waals surface area (Å²) < 4.78 is 2.59. The van der Waals surface area contributed by atoms with E-state index in [2.05, 4.69) is 65.8 Å². The molecule has 0 unspecified atom stereocenters. The van der Waals surface area contributed by atoms with Crippen LogP contribution in [0.5, 0.6) is 0 Å². The number of hydrogen-bond donors (Lipinski definition) is 1. The largest absolute Gasteiger partial charge is 0.322 e. The number of benzene rings is 2. The Hall–Kier alpha value is -0.910. The molecule has 0 bridgehead atoms. The van der Waals surface area contributed by atoms with Gasteiger partial charge in [0.1, 0.15) is 0 Å².